The van der Waals surface area contributed by atoms with Gasteiger partial charge in [-0.3, -0.25) is 9.59 Å². The maximum atomic E-state index is 12.1. The SMILES string of the molecule is O=C(O)C1CC(=O)N(c2cccc(-c3nc4ccccc4s3)c2)C1. The first kappa shape index (κ1) is 14.8. The molecule has 1 amide bonds. The number of carboxylic acids is 1. The van der Waals surface area contributed by atoms with E-state index in [1.54, 1.807) is 16.2 Å². The zero-order valence-corrected chi connectivity index (χ0v) is 13.5. The molecule has 1 atom stereocenters. The number of thiazole rings is 1. The van der Waals surface area contributed by atoms with E-state index in [1.807, 2.05) is 48.5 Å². The molecule has 24 heavy (non-hydrogen) atoms. The lowest BCUT2D eigenvalue weighted by Crippen LogP contribution is -2.25. The maximum Gasteiger partial charge on any atom is 0.308 e. The molecule has 3 aromatic rings. The Labute approximate surface area is 142 Å². The summed E-state index contributed by atoms with van der Waals surface area (Å²) in [6.45, 7) is 0.220. The van der Waals surface area contributed by atoms with Crippen molar-refractivity contribution < 1.29 is 14.7 Å². The molecule has 4 rings (SSSR count). The molecule has 1 saturated heterocycles. The van der Waals surface area contributed by atoms with E-state index < -0.39 is 11.9 Å². The lowest BCUT2D eigenvalue weighted by molar-refractivity contribution is -0.141. The molecule has 0 aliphatic carbocycles. The van der Waals surface area contributed by atoms with Gasteiger partial charge >= 0.3 is 5.97 Å². The van der Waals surface area contributed by atoms with Gasteiger partial charge in [0.25, 0.3) is 0 Å². The summed E-state index contributed by atoms with van der Waals surface area (Å²) in [4.78, 5) is 29.4. The van der Waals surface area contributed by atoms with Crippen LogP contribution in [-0.2, 0) is 9.59 Å². The van der Waals surface area contributed by atoms with Crippen molar-refractivity contribution in [3.05, 3.63) is 48.5 Å². The average molecular weight is 338 g/mol. The van der Waals surface area contributed by atoms with Crippen molar-refractivity contribution in [3.63, 3.8) is 0 Å². The molecular formula is C18H14N2O3S. The van der Waals surface area contributed by atoms with Crippen molar-refractivity contribution in [2.45, 2.75) is 6.42 Å². The van der Waals surface area contributed by atoms with Crippen LogP contribution in [0.5, 0.6) is 0 Å². The minimum absolute atomic E-state index is 0.0562. The molecule has 5 nitrogen and oxygen atoms in total. The van der Waals surface area contributed by atoms with Gasteiger partial charge in [-0.15, -0.1) is 11.3 Å². The number of aliphatic carboxylic acids is 1. The zero-order valence-electron chi connectivity index (χ0n) is 12.7. The van der Waals surface area contributed by atoms with Gasteiger partial charge in [-0.2, -0.15) is 0 Å². The first-order valence-electron chi connectivity index (χ1n) is 7.61. The van der Waals surface area contributed by atoms with Gasteiger partial charge in [0, 0.05) is 24.2 Å². The number of para-hydroxylation sites is 1. The number of hydrogen-bond acceptors (Lipinski definition) is 4. The number of benzene rings is 2. The second kappa shape index (κ2) is 5.72. The van der Waals surface area contributed by atoms with Crippen LogP contribution in [0.2, 0.25) is 0 Å². The van der Waals surface area contributed by atoms with E-state index in [0.717, 1.165) is 26.5 Å². The Morgan fingerprint density at radius 3 is 2.79 bits per heavy atom. The Morgan fingerprint density at radius 2 is 2.04 bits per heavy atom. The van der Waals surface area contributed by atoms with Crippen LogP contribution in [0.25, 0.3) is 20.8 Å². The normalized spacial score (nSPS) is 17.6. The van der Waals surface area contributed by atoms with E-state index in [0.29, 0.717) is 0 Å². The van der Waals surface area contributed by atoms with Gasteiger partial charge in [0.05, 0.1) is 16.1 Å². The van der Waals surface area contributed by atoms with E-state index >= 15 is 0 Å². The smallest absolute Gasteiger partial charge is 0.308 e. The van der Waals surface area contributed by atoms with E-state index in [2.05, 4.69) is 4.98 Å². The molecule has 0 spiro atoms. The van der Waals surface area contributed by atoms with Crippen LogP contribution in [-0.4, -0.2) is 28.5 Å². The average Bonchev–Trinajstić information content (AvgIpc) is 3.18. The molecule has 0 radical (unpaired) electrons. The lowest BCUT2D eigenvalue weighted by Gasteiger charge is -2.16. The van der Waals surface area contributed by atoms with Crippen LogP contribution < -0.4 is 4.90 Å². The quantitative estimate of drug-likeness (QED) is 0.794. The monoisotopic (exact) mass is 338 g/mol. The van der Waals surface area contributed by atoms with Crippen LogP contribution in [0, 0.1) is 5.92 Å². The molecule has 1 N–H and O–H groups in total. The highest BCUT2D eigenvalue weighted by Crippen LogP contribution is 2.33. The molecule has 0 saturated carbocycles. The van der Waals surface area contributed by atoms with E-state index in [4.69, 9.17) is 5.11 Å². The fourth-order valence-electron chi connectivity index (χ4n) is 2.93. The Kier molecular flexibility index (Phi) is 3.54. The van der Waals surface area contributed by atoms with Crippen molar-refractivity contribution in [3.8, 4) is 10.6 Å². The number of aromatic nitrogens is 1. The Hall–Kier alpha value is -2.73. The highest BCUT2D eigenvalue weighted by atomic mass is 32.1. The minimum Gasteiger partial charge on any atom is -0.481 e. The molecule has 1 unspecified atom stereocenters. The van der Waals surface area contributed by atoms with Crippen LogP contribution >= 0.6 is 11.3 Å². The fourth-order valence-corrected chi connectivity index (χ4v) is 3.89. The summed E-state index contributed by atoms with van der Waals surface area (Å²) in [5, 5.41) is 10.0. The molecular weight excluding hydrogens is 324 g/mol. The van der Waals surface area contributed by atoms with Crippen molar-refractivity contribution in [1.29, 1.82) is 0 Å². The van der Waals surface area contributed by atoms with Crippen molar-refractivity contribution in [1.82, 2.24) is 4.98 Å². The molecule has 1 aromatic heterocycles. The first-order chi connectivity index (χ1) is 11.6. The maximum absolute atomic E-state index is 12.1. The Bertz CT molecular complexity index is 917. The van der Waals surface area contributed by atoms with E-state index in [-0.39, 0.29) is 18.9 Å². The standard InChI is InChI=1S/C18H14N2O3S/c21-16-9-12(18(22)23)10-20(16)13-5-3-4-11(8-13)17-19-14-6-1-2-7-15(14)24-17/h1-8,12H,9-10H2,(H,22,23). The van der Waals surface area contributed by atoms with Gasteiger partial charge in [0.15, 0.2) is 0 Å². The summed E-state index contributed by atoms with van der Waals surface area (Å²) in [6, 6.07) is 15.5. The second-order valence-electron chi connectivity index (χ2n) is 5.78. The summed E-state index contributed by atoms with van der Waals surface area (Å²) in [5.74, 6) is -1.71. The summed E-state index contributed by atoms with van der Waals surface area (Å²) in [7, 11) is 0. The zero-order chi connectivity index (χ0) is 16.7. The summed E-state index contributed by atoms with van der Waals surface area (Å²) in [6.07, 6.45) is 0.0562. The number of nitrogens with zero attached hydrogens (tertiary/aromatic N) is 2. The number of amides is 1. The summed E-state index contributed by atoms with van der Waals surface area (Å²) in [5.41, 5.74) is 2.60. The number of anilines is 1. The largest absolute Gasteiger partial charge is 0.481 e. The van der Waals surface area contributed by atoms with Gasteiger partial charge in [-0.25, -0.2) is 4.98 Å². The molecule has 1 aliphatic rings. The van der Waals surface area contributed by atoms with Gasteiger partial charge in [0.2, 0.25) is 5.91 Å². The predicted molar refractivity (Wildman–Crippen MR) is 93.2 cm³/mol. The number of fused-ring (bicyclic) bond motifs is 1. The van der Waals surface area contributed by atoms with Crippen molar-refractivity contribution in [2.75, 3.05) is 11.4 Å². The molecule has 120 valence electrons. The third-order valence-electron chi connectivity index (χ3n) is 4.17. The molecule has 0 bridgehead atoms. The third kappa shape index (κ3) is 2.55. The van der Waals surface area contributed by atoms with Gasteiger partial charge in [-0.1, -0.05) is 24.3 Å². The Balaban J connectivity index is 1.69. The number of carbonyl (C=O) groups is 2. The van der Waals surface area contributed by atoms with Crippen LogP contribution in [0.15, 0.2) is 48.5 Å². The molecule has 2 heterocycles. The van der Waals surface area contributed by atoms with E-state index in [1.165, 1.54) is 0 Å². The summed E-state index contributed by atoms with van der Waals surface area (Å²) >= 11 is 1.60. The molecule has 2 aromatic carbocycles. The Morgan fingerprint density at radius 1 is 1.21 bits per heavy atom. The second-order valence-corrected chi connectivity index (χ2v) is 6.81. The highest BCUT2D eigenvalue weighted by Gasteiger charge is 2.35. The lowest BCUT2D eigenvalue weighted by atomic mass is 10.1. The van der Waals surface area contributed by atoms with Gasteiger partial charge in [-0.05, 0) is 24.3 Å². The van der Waals surface area contributed by atoms with E-state index in [9.17, 15) is 9.59 Å². The number of carboxylic acid groups (broad SMARTS) is 1. The number of rotatable bonds is 3. The fraction of sp³-hybridized carbons (Fsp3) is 0.167. The third-order valence-corrected chi connectivity index (χ3v) is 5.26. The number of carbonyl (C=O) groups excluding carboxylic acids is 1. The topological polar surface area (TPSA) is 70.5 Å². The van der Waals surface area contributed by atoms with Crippen molar-refractivity contribution >= 4 is 39.1 Å². The molecule has 1 aliphatic heterocycles. The first-order valence-corrected chi connectivity index (χ1v) is 8.42. The predicted octanol–water partition coefficient (Wildman–Crippen LogP) is 3.40. The van der Waals surface area contributed by atoms with Crippen LogP contribution in [0.3, 0.4) is 0 Å². The summed E-state index contributed by atoms with van der Waals surface area (Å²) < 4.78 is 1.11. The number of hydrogen-bond donors (Lipinski definition) is 1. The highest BCUT2D eigenvalue weighted by molar-refractivity contribution is 7.21. The van der Waals surface area contributed by atoms with Gasteiger partial charge < -0.3 is 10.0 Å². The van der Waals surface area contributed by atoms with Gasteiger partial charge in [0.1, 0.15) is 5.01 Å². The van der Waals surface area contributed by atoms with Crippen LogP contribution in [0.1, 0.15) is 6.42 Å². The molecule has 1 fully saturated rings. The van der Waals surface area contributed by atoms with Crippen molar-refractivity contribution in [2.24, 2.45) is 5.92 Å². The molecule has 6 heteroatoms. The minimum atomic E-state index is -0.923. The van der Waals surface area contributed by atoms with Crippen LogP contribution in [0.4, 0.5) is 5.69 Å².